The number of nitrogens with one attached hydrogen (secondary N) is 2. The Morgan fingerprint density at radius 2 is 1.95 bits per heavy atom. The molecule has 0 radical (unpaired) electrons. The number of quaternary nitrogens is 1. The summed E-state index contributed by atoms with van der Waals surface area (Å²) in [6, 6.07) is 9.49. The maximum Gasteiger partial charge on any atom is 0.262 e. The van der Waals surface area contributed by atoms with E-state index in [0.29, 0.717) is 6.54 Å². The van der Waals surface area contributed by atoms with E-state index in [0.717, 1.165) is 16.6 Å². The van der Waals surface area contributed by atoms with Crippen molar-refractivity contribution in [3.63, 3.8) is 0 Å². The van der Waals surface area contributed by atoms with Crippen LogP contribution in [-0.2, 0) is 4.79 Å². The average Bonchev–Trinajstić information content (AvgIpc) is 2.55. The van der Waals surface area contributed by atoms with Crippen molar-refractivity contribution in [1.29, 1.82) is 5.26 Å². The molecule has 116 valence electrons. The van der Waals surface area contributed by atoms with Gasteiger partial charge in [0.1, 0.15) is 11.6 Å². The standard InChI is InChI=1S/C17H20BrN3O/c18-16-6-4-14(5-7-16)12-15(13-19)17(22)20-8-11-21-9-2-1-3-10-21/h4-7,12H,1-3,8-11H2,(H,20,22)/p+1/b15-12-. The van der Waals surface area contributed by atoms with Crippen molar-refractivity contribution < 1.29 is 9.69 Å². The van der Waals surface area contributed by atoms with Gasteiger partial charge in [-0.2, -0.15) is 5.26 Å². The van der Waals surface area contributed by atoms with Crippen LogP contribution in [0.25, 0.3) is 6.08 Å². The van der Waals surface area contributed by atoms with Gasteiger partial charge in [-0.05, 0) is 43.0 Å². The number of nitrogens with zero attached hydrogens (tertiary/aromatic N) is 1. The monoisotopic (exact) mass is 362 g/mol. The van der Waals surface area contributed by atoms with Crippen molar-refractivity contribution in [2.24, 2.45) is 0 Å². The molecule has 1 aromatic rings. The summed E-state index contributed by atoms with van der Waals surface area (Å²) in [5.41, 5.74) is 0.993. The number of amides is 1. The maximum absolute atomic E-state index is 12.1. The maximum atomic E-state index is 12.1. The molecule has 0 aromatic heterocycles. The summed E-state index contributed by atoms with van der Waals surface area (Å²) in [6.07, 6.45) is 5.49. The van der Waals surface area contributed by atoms with Crippen LogP contribution in [0, 0.1) is 11.3 Å². The Morgan fingerprint density at radius 1 is 1.27 bits per heavy atom. The smallest absolute Gasteiger partial charge is 0.262 e. The molecule has 2 rings (SSSR count). The summed E-state index contributed by atoms with van der Waals surface area (Å²) in [5.74, 6) is -0.290. The van der Waals surface area contributed by atoms with Crippen LogP contribution in [0.5, 0.6) is 0 Å². The van der Waals surface area contributed by atoms with E-state index in [1.54, 1.807) is 11.0 Å². The Kier molecular flexibility index (Phi) is 6.63. The Bertz CT molecular complexity index is 569. The third-order valence-electron chi connectivity index (χ3n) is 3.87. The van der Waals surface area contributed by atoms with Gasteiger partial charge in [0.2, 0.25) is 0 Å². The Balaban J connectivity index is 1.86. The minimum Gasteiger partial charge on any atom is -0.346 e. The number of carbonyl (C=O) groups is 1. The number of hydrogen-bond donors (Lipinski definition) is 2. The minimum absolute atomic E-state index is 0.149. The van der Waals surface area contributed by atoms with E-state index in [1.807, 2.05) is 30.3 Å². The second-order valence-corrected chi connectivity index (χ2v) is 6.45. The van der Waals surface area contributed by atoms with Crippen LogP contribution < -0.4 is 10.2 Å². The van der Waals surface area contributed by atoms with Gasteiger partial charge in [0.15, 0.2) is 0 Å². The number of likely N-dealkylation sites (tertiary alicyclic amines) is 1. The number of halogens is 1. The van der Waals surface area contributed by atoms with Crippen molar-refractivity contribution in [3.05, 3.63) is 39.9 Å². The molecule has 0 saturated carbocycles. The molecular formula is C17H21BrN3O+. The lowest BCUT2D eigenvalue weighted by atomic mass is 10.1. The van der Waals surface area contributed by atoms with Crippen LogP contribution in [0.1, 0.15) is 24.8 Å². The summed E-state index contributed by atoms with van der Waals surface area (Å²) in [5, 5.41) is 12.0. The van der Waals surface area contributed by atoms with Gasteiger partial charge in [-0.3, -0.25) is 4.79 Å². The van der Waals surface area contributed by atoms with Gasteiger partial charge in [-0.15, -0.1) is 0 Å². The third-order valence-corrected chi connectivity index (χ3v) is 4.40. The van der Waals surface area contributed by atoms with Gasteiger partial charge in [0.05, 0.1) is 26.2 Å². The zero-order chi connectivity index (χ0) is 15.8. The quantitative estimate of drug-likeness (QED) is 0.616. The average molecular weight is 363 g/mol. The second-order valence-electron chi connectivity index (χ2n) is 5.54. The highest BCUT2D eigenvalue weighted by molar-refractivity contribution is 9.10. The summed E-state index contributed by atoms with van der Waals surface area (Å²) >= 11 is 3.36. The highest BCUT2D eigenvalue weighted by Gasteiger charge is 2.14. The van der Waals surface area contributed by atoms with Gasteiger partial charge < -0.3 is 10.2 Å². The fraction of sp³-hybridized carbons (Fsp3) is 0.412. The fourth-order valence-corrected chi connectivity index (χ4v) is 2.89. The van der Waals surface area contributed by atoms with Crippen LogP contribution in [-0.4, -0.2) is 32.1 Å². The Morgan fingerprint density at radius 3 is 2.59 bits per heavy atom. The molecule has 5 heteroatoms. The number of benzene rings is 1. The first-order valence-electron chi connectivity index (χ1n) is 7.68. The number of nitriles is 1. The summed E-state index contributed by atoms with van der Waals surface area (Å²) in [7, 11) is 0. The zero-order valence-electron chi connectivity index (χ0n) is 12.6. The predicted octanol–water partition coefficient (Wildman–Crippen LogP) is 1.54. The molecule has 2 N–H and O–H groups in total. The lowest BCUT2D eigenvalue weighted by Gasteiger charge is -2.23. The van der Waals surface area contributed by atoms with E-state index in [-0.39, 0.29) is 11.5 Å². The molecule has 1 aliphatic heterocycles. The van der Waals surface area contributed by atoms with E-state index in [2.05, 4.69) is 21.2 Å². The highest BCUT2D eigenvalue weighted by Crippen LogP contribution is 2.13. The first-order chi connectivity index (χ1) is 10.7. The topological polar surface area (TPSA) is 57.3 Å². The van der Waals surface area contributed by atoms with Crippen molar-refractivity contribution in [2.45, 2.75) is 19.3 Å². The Labute approximate surface area is 139 Å². The normalized spacial score (nSPS) is 16.1. The van der Waals surface area contributed by atoms with Crippen LogP contribution in [0.4, 0.5) is 0 Å². The molecule has 0 unspecified atom stereocenters. The SMILES string of the molecule is N#C/C(=C/c1ccc(Br)cc1)C(=O)NCC[NH+]1CCCCC1. The van der Waals surface area contributed by atoms with E-state index >= 15 is 0 Å². The van der Waals surface area contributed by atoms with Gasteiger partial charge in [0.25, 0.3) is 5.91 Å². The zero-order valence-corrected chi connectivity index (χ0v) is 14.2. The highest BCUT2D eigenvalue weighted by atomic mass is 79.9. The molecule has 22 heavy (non-hydrogen) atoms. The van der Waals surface area contributed by atoms with E-state index in [4.69, 9.17) is 5.26 Å². The van der Waals surface area contributed by atoms with Crippen molar-refractivity contribution >= 4 is 27.9 Å². The largest absolute Gasteiger partial charge is 0.346 e. The molecule has 0 atom stereocenters. The van der Waals surface area contributed by atoms with E-state index in [9.17, 15) is 4.79 Å². The van der Waals surface area contributed by atoms with Gasteiger partial charge in [0, 0.05) is 4.47 Å². The number of rotatable bonds is 5. The minimum atomic E-state index is -0.290. The Hall–Kier alpha value is -1.64. The van der Waals surface area contributed by atoms with Crippen LogP contribution in [0.2, 0.25) is 0 Å². The molecule has 1 amide bonds. The van der Waals surface area contributed by atoms with Crippen LogP contribution in [0.3, 0.4) is 0 Å². The molecule has 0 spiro atoms. The predicted molar refractivity (Wildman–Crippen MR) is 90.2 cm³/mol. The van der Waals surface area contributed by atoms with Crippen molar-refractivity contribution in [3.8, 4) is 6.07 Å². The molecular weight excluding hydrogens is 342 g/mol. The molecule has 1 aliphatic rings. The lowest BCUT2D eigenvalue weighted by molar-refractivity contribution is -0.903. The molecule has 1 heterocycles. The summed E-state index contributed by atoms with van der Waals surface area (Å²) in [4.78, 5) is 13.6. The van der Waals surface area contributed by atoms with Crippen LogP contribution in [0.15, 0.2) is 34.3 Å². The lowest BCUT2D eigenvalue weighted by Crippen LogP contribution is -3.13. The first kappa shape index (κ1) is 16.7. The molecule has 0 aliphatic carbocycles. The number of carbonyl (C=O) groups excluding carboxylic acids is 1. The summed E-state index contributed by atoms with van der Waals surface area (Å²) in [6.45, 7) is 3.93. The van der Waals surface area contributed by atoms with Gasteiger partial charge in [-0.25, -0.2) is 0 Å². The molecule has 4 nitrogen and oxygen atoms in total. The summed E-state index contributed by atoms with van der Waals surface area (Å²) < 4.78 is 0.970. The van der Waals surface area contributed by atoms with Gasteiger partial charge >= 0.3 is 0 Å². The first-order valence-corrected chi connectivity index (χ1v) is 8.47. The van der Waals surface area contributed by atoms with Crippen molar-refractivity contribution in [1.82, 2.24) is 5.32 Å². The molecule has 1 aromatic carbocycles. The van der Waals surface area contributed by atoms with Crippen molar-refractivity contribution in [2.75, 3.05) is 26.2 Å². The van der Waals surface area contributed by atoms with E-state index < -0.39 is 0 Å². The number of piperidine rings is 1. The fourth-order valence-electron chi connectivity index (χ4n) is 2.62. The molecule has 0 bridgehead atoms. The van der Waals surface area contributed by atoms with Crippen LogP contribution >= 0.6 is 15.9 Å². The number of hydrogen-bond acceptors (Lipinski definition) is 2. The molecule has 1 fully saturated rings. The van der Waals surface area contributed by atoms with E-state index in [1.165, 1.54) is 32.4 Å². The second kappa shape index (κ2) is 8.72. The third kappa shape index (κ3) is 5.28. The van der Waals surface area contributed by atoms with Gasteiger partial charge in [-0.1, -0.05) is 28.1 Å². The molecule has 1 saturated heterocycles.